The Morgan fingerprint density at radius 2 is 1.55 bits per heavy atom. The second kappa shape index (κ2) is 11.1. The molecule has 6 nitrogen and oxygen atoms in total. The highest BCUT2D eigenvalue weighted by molar-refractivity contribution is 5.89. The van der Waals surface area contributed by atoms with Gasteiger partial charge in [0.15, 0.2) is 11.5 Å². The van der Waals surface area contributed by atoms with E-state index in [0.29, 0.717) is 28.2 Å². The highest BCUT2D eigenvalue weighted by Crippen LogP contribution is 2.29. The Morgan fingerprint density at radius 1 is 0.909 bits per heavy atom. The fourth-order valence-electron chi connectivity index (χ4n) is 3.62. The Hall–Kier alpha value is -3.87. The molecule has 7 heteroatoms. The van der Waals surface area contributed by atoms with Gasteiger partial charge >= 0.3 is 0 Å². The van der Waals surface area contributed by atoms with Crippen LogP contribution in [0.3, 0.4) is 0 Å². The summed E-state index contributed by atoms with van der Waals surface area (Å²) in [5, 5.41) is 2.66. The summed E-state index contributed by atoms with van der Waals surface area (Å²) in [6.07, 6.45) is 0.0435. The van der Waals surface area contributed by atoms with Gasteiger partial charge in [-0.3, -0.25) is 9.59 Å². The number of nitrogens with one attached hydrogen (secondary N) is 1. The topological polar surface area (TPSA) is 67.9 Å². The van der Waals surface area contributed by atoms with Crippen molar-refractivity contribution in [1.82, 2.24) is 10.2 Å². The van der Waals surface area contributed by atoms with Crippen molar-refractivity contribution in [3.8, 4) is 11.5 Å². The van der Waals surface area contributed by atoms with Crippen LogP contribution in [0.4, 0.5) is 4.39 Å². The Labute approximate surface area is 192 Å². The third-order valence-corrected chi connectivity index (χ3v) is 5.31. The first-order valence-corrected chi connectivity index (χ1v) is 10.5. The van der Waals surface area contributed by atoms with Crippen LogP contribution in [0.15, 0.2) is 72.8 Å². The average molecular weight is 451 g/mol. The smallest absolute Gasteiger partial charge is 0.247 e. The quantitative estimate of drug-likeness (QED) is 0.537. The number of hydrogen-bond acceptors (Lipinski definition) is 4. The molecule has 33 heavy (non-hydrogen) atoms. The molecule has 3 rings (SSSR count). The number of rotatable bonds is 9. The van der Waals surface area contributed by atoms with Crippen LogP contribution in [0, 0.1) is 5.82 Å². The van der Waals surface area contributed by atoms with Crippen LogP contribution >= 0.6 is 0 Å². The SMILES string of the molecule is CNC(=O)C(c1ccccc1)N(Cc1ccc(F)cc1)C(=O)Cc1ccc(OC)c(OC)c1. The maximum atomic E-state index is 13.6. The van der Waals surface area contributed by atoms with Gasteiger partial charge in [0.05, 0.1) is 20.6 Å². The lowest BCUT2D eigenvalue weighted by Gasteiger charge is -2.31. The summed E-state index contributed by atoms with van der Waals surface area (Å²) in [5.74, 6) is 0.129. The van der Waals surface area contributed by atoms with Gasteiger partial charge in [-0.15, -0.1) is 0 Å². The lowest BCUT2D eigenvalue weighted by atomic mass is 10.0. The maximum absolute atomic E-state index is 13.6. The molecule has 0 fully saturated rings. The van der Waals surface area contributed by atoms with E-state index >= 15 is 0 Å². The van der Waals surface area contributed by atoms with Gasteiger partial charge in [0.1, 0.15) is 11.9 Å². The molecule has 1 atom stereocenters. The summed E-state index contributed by atoms with van der Waals surface area (Å²) in [4.78, 5) is 28.0. The van der Waals surface area contributed by atoms with E-state index in [1.807, 2.05) is 18.2 Å². The summed E-state index contributed by atoms with van der Waals surface area (Å²) in [5.41, 5.74) is 2.10. The molecule has 0 radical (unpaired) electrons. The van der Waals surface area contributed by atoms with Crippen LogP contribution in [0.2, 0.25) is 0 Å². The van der Waals surface area contributed by atoms with E-state index in [9.17, 15) is 14.0 Å². The zero-order chi connectivity index (χ0) is 23.8. The molecule has 0 aliphatic carbocycles. The number of carbonyl (C=O) groups is 2. The maximum Gasteiger partial charge on any atom is 0.247 e. The highest BCUT2D eigenvalue weighted by atomic mass is 19.1. The fraction of sp³-hybridized carbons (Fsp3) is 0.231. The van der Waals surface area contributed by atoms with Gasteiger partial charge in [-0.25, -0.2) is 4.39 Å². The van der Waals surface area contributed by atoms with Crippen molar-refractivity contribution in [1.29, 1.82) is 0 Å². The van der Waals surface area contributed by atoms with E-state index in [-0.39, 0.29) is 30.6 Å². The highest BCUT2D eigenvalue weighted by Gasteiger charge is 2.31. The minimum absolute atomic E-state index is 0.0435. The number of hydrogen-bond donors (Lipinski definition) is 1. The van der Waals surface area contributed by atoms with Gasteiger partial charge in [-0.2, -0.15) is 0 Å². The molecule has 0 saturated heterocycles. The molecule has 0 bridgehead atoms. The Bertz CT molecular complexity index is 1090. The van der Waals surface area contributed by atoms with Gasteiger partial charge in [0.25, 0.3) is 0 Å². The number of benzene rings is 3. The van der Waals surface area contributed by atoms with Crippen molar-refractivity contribution in [3.05, 3.63) is 95.3 Å². The van der Waals surface area contributed by atoms with Crippen LogP contribution in [-0.2, 0) is 22.6 Å². The minimum Gasteiger partial charge on any atom is -0.493 e. The first-order valence-electron chi connectivity index (χ1n) is 10.5. The third kappa shape index (κ3) is 5.88. The van der Waals surface area contributed by atoms with Gasteiger partial charge in [0.2, 0.25) is 11.8 Å². The number of halogens is 1. The zero-order valence-corrected chi connectivity index (χ0v) is 18.9. The van der Waals surface area contributed by atoms with E-state index in [0.717, 1.165) is 0 Å². The van der Waals surface area contributed by atoms with Gasteiger partial charge in [-0.1, -0.05) is 48.5 Å². The molecule has 3 aromatic rings. The van der Waals surface area contributed by atoms with Crippen LogP contribution in [-0.4, -0.2) is 38.0 Å². The number of likely N-dealkylation sites (N-methyl/N-ethyl adjacent to an activating group) is 1. The van der Waals surface area contributed by atoms with Crippen molar-refractivity contribution >= 4 is 11.8 Å². The minimum atomic E-state index is -0.853. The largest absolute Gasteiger partial charge is 0.493 e. The standard InChI is InChI=1S/C26H27FN2O4/c1-28-26(31)25(20-7-5-4-6-8-20)29(17-18-9-12-21(27)13-10-18)24(30)16-19-11-14-22(32-2)23(15-19)33-3/h4-15,25H,16-17H2,1-3H3,(H,28,31). The molecular formula is C26H27FN2O4. The molecular weight excluding hydrogens is 423 g/mol. The van der Waals surface area contributed by atoms with Crippen molar-refractivity contribution in [2.75, 3.05) is 21.3 Å². The summed E-state index contributed by atoms with van der Waals surface area (Å²) in [6, 6.07) is 19.4. The molecule has 1 N–H and O–H groups in total. The van der Waals surface area contributed by atoms with Crippen molar-refractivity contribution in [3.63, 3.8) is 0 Å². The van der Waals surface area contributed by atoms with Crippen LogP contribution < -0.4 is 14.8 Å². The Kier molecular flexibility index (Phi) is 8.02. The Morgan fingerprint density at radius 3 is 2.15 bits per heavy atom. The molecule has 0 saturated carbocycles. The number of amides is 2. The normalized spacial score (nSPS) is 11.4. The summed E-state index contributed by atoms with van der Waals surface area (Å²) in [6.45, 7) is 0.138. The van der Waals surface area contributed by atoms with Crippen LogP contribution in [0.5, 0.6) is 11.5 Å². The summed E-state index contributed by atoms with van der Waals surface area (Å²) >= 11 is 0. The Balaban J connectivity index is 1.98. The summed E-state index contributed by atoms with van der Waals surface area (Å²) < 4.78 is 24.1. The number of ether oxygens (including phenoxy) is 2. The molecule has 0 aliphatic rings. The third-order valence-electron chi connectivity index (χ3n) is 5.31. The lowest BCUT2D eigenvalue weighted by Crippen LogP contribution is -2.43. The predicted molar refractivity (Wildman–Crippen MR) is 123 cm³/mol. The average Bonchev–Trinajstić information content (AvgIpc) is 2.85. The van der Waals surface area contributed by atoms with Crippen molar-refractivity contribution in [2.24, 2.45) is 0 Å². The van der Waals surface area contributed by atoms with Gasteiger partial charge in [0, 0.05) is 13.6 Å². The summed E-state index contributed by atoms with van der Waals surface area (Å²) in [7, 11) is 4.61. The van der Waals surface area contributed by atoms with Gasteiger partial charge in [-0.05, 0) is 41.0 Å². The molecule has 0 aromatic heterocycles. The van der Waals surface area contributed by atoms with E-state index in [4.69, 9.17) is 9.47 Å². The number of carbonyl (C=O) groups excluding carboxylic acids is 2. The second-order valence-electron chi connectivity index (χ2n) is 7.44. The van der Waals surface area contributed by atoms with Crippen molar-refractivity contribution < 1.29 is 23.5 Å². The molecule has 1 unspecified atom stereocenters. The molecule has 0 heterocycles. The monoisotopic (exact) mass is 450 g/mol. The number of nitrogens with zero attached hydrogens (tertiary/aromatic N) is 1. The first kappa shape index (κ1) is 23.8. The molecule has 0 spiro atoms. The fourth-order valence-corrected chi connectivity index (χ4v) is 3.62. The second-order valence-corrected chi connectivity index (χ2v) is 7.44. The molecule has 2 amide bonds. The first-order chi connectivity index (χ1) is 16.0. The van der Waals surface area contributed by atoms with Crippen LogP contribution in [0.1, 0.15) is 22.7 Å². The van der Waals surface area contributed by atoms with E-state index in [1.54, 1.807) is 49.6 Å². The zero-order valence-electron chi connectivity index (χ0n) is 18.9. The van der Waals surface area contributed by atoms with E-state index in [1.165, 1.54) is 31.2 Å². The molecule has 172 valence electrons. The molecule has 3 aromatic carbocycles. The van der Waals surface area contributed by atoms with Gasteiger partial charge < -0.3 is 19.7 Å². The predicted octanol–water partition coefficient (Wildman–Crippen LogP) is 3.90. The molecule has 0 aliphatic heterocycles. The number of methoxy groups -OCH3 is 2. The lowest BCUT2D eigenvalue weighted by molar-refractivity contribution is -0.141. The van der Waals surface area contributed by atoms with E-state index in [2.05, 4.69) is 5.32 Å². The van der Waals surface area contributed by atoms with Crippen molar-refractivity contribution in [2.45, 2.75) is 19.0 Å². The van der Waals surface area contributed by atoms with Crippen LogP contribution in [0.25, 0.3) is 0 Å². The van der Waals surface area contributed by atoms with E-state index < -0.39 is 6.04 Å².